The van der Waals surface area contributed by atoms with Crippen LogP contribution in [0.3, 0.4) is 0 Å². The number of esters is 1. The van der Waals surface area contributed by atoms with E-state index in [9.17, 15) is 4.79 Å². The Morgan fingerprint density at radius 2 is 1.15 bits per heavy atom. The number of hydrogen-bond acceptors (Lipinski definition) is 5. The highest BCUT2D eigenvalue weighted by atomic mass is 17.3. The first-order chi connectivity index (χ1) is 13.2. The molecule has 5 nitrogen and oxygen atoms in total. The molecule has 3 aromatic rings. The number of carbonyl (C=O) groups is 1. The van der Waals surface area contributed by atoms with Crippen LogP contribution in [-0.4, -0.2) is 13.1 Å². The summed E-state index contributed by atoms with van der Waals surface area (Å²) in [5, 5.41) is 0. The van der Waals surface area contributed by atoms with E-state index < -0.39 is 17.5 Å². The number of methoxy groups -OCH3 is 1. The lowest BCUT2D eigenvalue weighted by Crippen LogP contribution is -2.41. The van der Waals surface area contributed by atoms with Gasteiger partial charge in [0.05, 0.1) is 7.11 Å². The average Bonchev–Trinajstić information content (AvgIpc) is 3.18. The second-order valence-corrected chi connectivity index (χ2v) is 6.09. The van der Waals surface area contributed by atoms with Gasteiger partial charge >= 0.3 is 11.8 Å². The van der Waals surface area contributed by atoms with Crippen molar-refractivity contribution >= 4 is 5.97 Å². The first-order valence-electron chi connectivity index (χ1n) is 8.53. The molecule has 4 rings (SSSR count). The molecule has 1 aliphatic rings. The van der Waals surface area contributed by atoms with Crippen LogP contribution in [0.5, 0.6) is 0 Å². The molecule has 1 unspecified atom stereocenters. The highest BCUT2D eigenvalue weighted by molar-refractivity contribution is 5.80. The standard InChI is InChI=1S/C22H18O5/c1-24-20(23)22(19-15-9-4-10-16-19)25-21(26-27-22,17-11-5-2-6-12-17)18-13-7-3-8-14-18/h2-16H,1H3. The minimum absolute atomic E-state index is 0.477. The summed E-state index contributed by atoms with van der Waals surface area (Å²) in [6.45, 7) is 0. The van der Waals surface area contributed by atoms with E-state index in [1.165, 1.54) is 7.11 Å². The summed E-state index contributed by atoms with van der Waals surface area (Å²) in [7, 11) is 1.28. The van der Waals surface area contributed by atoms with Gasteiger partial charge in [-0.15, -0.1) is 0 Å². The van der Waals surface area contributed by atoms with Crippen LogP contribution < -0.4 is 0 Å². The molecule has 1 aliphatic heterocycles. The fourth-order valence-electron chi connectivity index (χ4n) is 3.14. The van der Waals surface area contributed by atoms with Crippen LogP contribution in [-0.2, 0) is 35.6 Å². The predicted molar refractivity (Wildman–Crippen MR) is 97.1 cm³/mol. The Morgan fingerprint density at radius 3 is 1.59 bits per heavy atom. The van der Waals surface area contributed by atoms with Crippen LogP contribution >= 0.6 is 0 Å². The van der Waals surface area contributed by atoms with Gasteiger partial charge in [-0.25, -0.2) is 4.79 Å². The summed E-state index contributed by atoms with van der Waals surface area (Å²) in [5.74, 6) is -3.98. The molecule has 0 saturated carbocycles. The number of carbonyl (C=O) groups excluding carboxylic acids is 1. The molecule has 1 saturated heterocycles. The van der Waals surface area contributed by atoms with E-state index in [1.807, 2.05) is 66.7 Å². The molecule has 5 heteroatoms. The minimum Gasteiger partial charge on any atom is -0.465 e. The van der Waals surface area contributed by atoms with Crippen LogP contribution in [0.2, 0.25) is 0 Å². The van der Waals surface area contributed by atoms with E-state index >= 15 is 0 Å². The van der Waals surface area contributed by atoms with Crippen LogP contribution in [0.4, 0.5) is 0 Å². The number of rotatable bonds is 4. The maximum absolute atomic E-state index is 12.7. The molecule has 1 fully saturated rings. The van der Waals surface area contributed by atoms with Crippen molar-refractivity contribution in [3.8, 4) is 0 Å². The molecule has 0 radical (unpaired) electrons. The van der Waals surface area contributed by atoms with Gasteiger partial charge in [0, 0.05) is 16.7 Å². The summed E-state index contributed by atoms with van der Waals surface area (Å²) < 4.78 is 11.3. The topological polar surface area (TPSA) is 54.0 Å². The van der Waals surface area contributed by atoms with E-state index in [0.717, 1.165) is 0 Å². The molecule has 0 amide bonds. The third kappa shape index (κ3) is 2.82. The molecule has 3 aromatic carbocycles. The molecule has 1 atom stereocenters. The third-order valence-corrected chi connectivity index (χ3v) is 4.48. The lowest BCUT2D eigenvalue weighted by molar-refractivity contribution is -0.345. The lowest BCUT2D eigenvalue weighted by atomic mass is 9.96. The largest absolute Gasteiger partial charge is 0.465 e. The number of ether oxygens (including phenoxy) is 2. The van der Waals surface area contributed by atoms with Crippen molar-refractivity contribution in [1.82, 2.24) is 0 Å². The Kier molecular flexibility index (Phi) is 4.49. The molecule has 27 heavy (non-hydrogen) atoms. The van der Waals surface area contributed by atoms with Gasteiger partial charge < -0.3 is 4.74 Å². The Hall–Kier alpha value is -2.99. The van der Waals surface area contributed by atoms with Crippen LogP contribution in [0.15, 0.2) is 91.0 Å². The molecule has 0 N–H and O–H groups in total. The molecule has 0 spiro atoms. The van der Waals surface area contributed by atoms with Crippen molar-refractivity contribution in [2.24, 2.45) is 0 Å². The fourth-order valence-corrected chi connectivity index (χ4v) is 3.14. The molecular weight excluding hydrogens is 344 g/mol. The Bertz CT molecular complexity index is 872. The zero-order valence-corrected chi connectivity index (χ0v) is 14.7. The lowest BCUT2D eigenvalue weighted by Gasteiger charge is -2.28. The summed E-state index contributed by atoms with van der Waals surface area (Å²) in [5.41, 5.74) is 1.86. The van der Waals surface area contributed by atoms with E-state index in [-0.39, 0.29) is 0 Å². The van der Waals surface area contributed by atoms with Gasteiger partial charge in [0.1, 0.15) is 0 Å². The molecule has 0 aliphatic carbocycles. The third-order valence-electron chi connectivity index (χ3n) is 4.48. The van der Waals surface area contributed by atoms with Crippen molar-refractivity contribution in [2.45, 2.75) is 11.6 Å². The highest BCUT2D eigenvalue weighted by Crippen LogP contribution is 2.49. The van der Waals surface area contributed by atoms with E-state index in [0.29, 0.717) is 16.7 Å². The summed E-state index contributed by atoms with van der Waals surface area (Å²) >= 11 is 0. The van der Waals surface area contributed by atoms with Crippen LogP contribution in [0, 0.1) is 0 Å². The number of hydrogen-bond donors (Lipinski definition) is 0. The molecule has 0 aromatic heterocycles. The van der Waals surface area contributed by atoms with Gasteiger partial charge in [0.25, 0.3) is 5.79 Å². The highest BCUT2D eigenvalue weighted by Gasteiger charge is 2.61. The van der Waals surface area contributed by atoms with E-state index in [4.69, 9.17) is 19.2 Å². The van der Waals surface area contributed by atoms with Gasteiger partial charge in [-0.1, -0.05) is 91.0 Å². The average molecular weight is 362 g/mol. The number of benzene rings is 3. The molecule has 0 bridgehead atoms. The first-order valence-corrected chi connectivity index (χ1v) is 8.53. The predicted octanol–water partition coefficient (Wildman–Crippen LogP) is 3.89. The van der Waals surface area contributed by atoms with Crippen molar-refractivity contribution in [3.05, 3.63) is 108 Å². The van der Waals surface area contributed by atoms with E-state index in [2.05, 4.69) is 0 Å². The van der Waals surface area contributed by atoms with Crippen molar-refractivity contribution in [1.29, 1.82) is 0 Å². The zero-order chi connectivity index (χ0) is 18.7. The summed E-state index contributed by atoms with van der Waals surface area (Å²) in [6.07, 6.45) is 0. The van der Waals surface area contributed by atoms with Crippen molar-refractivity contribution in [2.75, 3.05) is 7.11 Å². The molecule has 1 heterocycles. The van der Waals surface area contributed by atoms with Gasteiger partial charge in [-0.05, 0) is 0 Å². The van der Waals surface area contributed by atoms with Gasteiger partial charge in [-0.3, -0.25) is 4.74 Å². The Balaban J connectivity index is 1.89. The zero-order valence-electron chi connectivity index (χ0n) is 14.7. The van der Waals surface area contributed by atoms with Crippen molar-refractivity contribution in [3.63, 3.8) is 0 Å². The monoisotopic (exact) mass is 362 g/mol. The Labute approximate surface area is 157 Å². The van der Waals surface area contributed by atoms with Crippen LogP contribution in [0.1, 0.15) is 16.7 Å². The molecular formula is C22H18O5. The van der Waals surface area contributed by atoms with Crippen molar-refractivity contribution < 1.29 is 24.0 Å². The minimum atomic E-state index is -1.85. The SMILES string of the molecule is COC(=O)C1(c2ccccc2)OOC(c2ccccc2)(c2ccccc2)O1. The first kappa shape index (κ1) is 17.4. The Morgan fingerprint density at radius 1 is 0.704 bits per heavy atom. The van der Waals surface area contributed by atoms with Crippen LogP contribution in [0.25, 0.3) is 0 Å². The normalized spacial score (nSPS) is 20.9. The maximum Gasteiger partial charge on any atom is 0.374 e. The second-order valence-electron chi connectivity index (χ2n) is 6.09. The fraction of sp³-hybridized carbons (Fsp3) is 0.136. The van der Waals surface area contributed by atoms with Gasteiger partial charge in [-0.2, -0.15) is 9.78 Å². The summed E-state index contributed by atoms with van der Waals surface area (Å²) in [4.78, 5) is 24.1. The smallest absolute Gasteiger partial charge is 0.374 e. The van der Waals surface area contributed by atoms with E-state index in [1.54, 1.807) is 24.3 Å². The molecule has 136 valence electrons. The maximum atomic E-state index is 12.7. The second kappa shape index (κ2) is 6.96. The quantitative estimate of drug-likeness (QED) is 0.521. The summed E-state index contributed by atoms with van der Waals surface area (Å²) in [6, 6.07) is 27.6. The van der Waals surface area contributed by atoms with Gasteiger partial charge in [0.15, 0.2) is 0 Å². The van der Waals surface area contributed by atoms with Gasteiger partial charge in [0.2, 0.25) is 0 Å².